The summed E-state index contributed by atoms with van der Waals surface area (Å²) in [6.45, 7) is 0.514. The fourth-order valence-electron chi connectivity index (χ4n) is 2.44. The number of H-pyrrole nitrogens is 1. The van der Waals surface area contributed by atoms with Gasteiger partial charge in [0, 0.05) is 18.0 Å². The Hall–Kier alpha value is -1.88. The molecule has 5 nitrogen and oxygen atoms in total. The Morgan fingerprint density at radius 3 is 3.00 bits per heavy atom. The molecule has 1 amide bonds. The van der Waals surface area contributed by atoms with Gasteiger partial charge in [0.2, 0.25) is 5.91 Å². The summed E-state index contributed by atoms with van der Waals surface area (Å²) in [7, 11) is 0. The summed E-state index contributed by atoms with van der Waals surface area (Å²) in [5.41, 5.74) is 7.44. The molecule has 1 saturated carbocycles. The quantitative estimate of drug-likeness (QED) is 0.747. The summed E-state index contributed by atoms with van der Waals surface area (Å²) in [6, 6.07) is 7.92. The highest BCUT2D eigenvalue weighted by Gasteiger charge is 2.31. The number of para-hydroxylation sites is 1. The molecule has 3 rings (SSSR count). The van der Waals surface area contributed by atoms with Crippen molar-refractivity contribution in [2.75, 3.05) is 6.54 Å². The highest BCUT2D eigenvalue weighted by atomic mass is 16.1. The van der Waals surface area contributed by atoms with E-state index in [1.807, 2.05) is 24.3 Å². The van der Waals surface area contributed by atoms with E-state index in [0.717, 1.165) is 16.6 Å². The van der Waals surface area contributed by atoms with Crippen LogP contribution in [0.2, 0.25) is 0 Å². The number of carbonyl (C=O) groups is 1. The molecule has 1 fully saturated rings. The fourth-order valence-corrected chi connectivity index (χ4v) is 2.44. The second-order valence-corrected chi connectivity index (χ2v) is 5.14. The van der Waals surface area contributed by atoms with E-state index in [-0.39, 0.29) is 11.9 Å². The number of aromatic nitrogens is 2. The number of fused-ring (bicyclic) bond motifs is 1. The monoisotopic (exact) mass is 258 g/mol. The third kappa shape index (κ3) is 2.61. The Morgan fingerprint density at radius 1 is 1.47 bits per heavy atom. The van der Waals surface area contributed by atoms with Crippen LogP contribution >= 0.6 is 0 Å². The van der Waals surface area contributed by atoms with Gasteiger partial charge in [0.05, 0.1) is 17.6 Å². The highest BCUT2D eigenvalue weighted by molar-refractivity contribution is 5.87. The maximum absolute atomic E-state index is 12.0. The SMILES string of the molecule is NCC(NC(=O)Cc1[nH]nc2ccccc12)C1CC1. The third-order valence-electron chi connectivity index (χ3n) is 3.67. The van der Waals surface area contributed by atoms with Gasteiger partial charge in [0.15, 0.2) is 0 Å². The first-order chi connectivity index (χ1) is 9.28. The second kappa shape index (κ2) is 5.01. The summed E-state index contributed by atoms with van der Waals surface area (Å²) in [6.07, 6.45) is 2.67. The van der Waals surface area contributed by atoms with E-state index in [2.05, 4.69) is 15.5 Å². The van der Waals surface area contributed by atoms with Gasteiger partial charge < -0.3 is 11.1 Å². The lowest BCUT2D eigenvalue weighted by Gasteiger charge is -2.15. The van der Waals surface area contributed by atoms with Crippen LogP contribution in [0.3, 0.4) is 0 Å². The topological polar surface area (TPSA) is 83.8 Å². The largest absolute Gasteiger partial charge is 0.351 e. The summed E-state index contributed by atoms with van der Waals surface area (Å²) >= 11 is 0. The first-order valence-electron chi connectivity index (χ1n) is 6.69. The Kier molecular flexibility index (Phi) is 3.21. The van der Waals surface area contributed by atoms with E-state index in [1.165, 1.54) is 12.8 Å². The molecule has 2 aromatic rings. The molecule has 1 aromatic carbocycles. The van der Waals surface area contributed by atoms with Crippen LogP contribution in [0.1, 0.15) is 18.5 Å². The molecule has 0 spiro atoms. The van der Waals surface area contributed by atoms with Crippen LogP contribution in [0.5, 0.6) is 0 Å². The smallest absolute Gasteiger partial charge is 0.226 e. The summed E-state index contributed by atoms with van der Waals surface area (Å²) in [4.78, 5) is 12.0. The summed E-state index contributed by atoms with van der Waals surface area (Å²) in [5, 5.41) is 11.2. The van der Waals surface area contributed by atoms with Gasteiger partial charge in [-0.2, -0.15) is 5.10 Å². The Morgan fingerprint density at radius 2 is 2.26 bits per heavy atom. The zero-order valence-corrected chi connectivity index (χ0v) is 10.7. The lowest BCUT2D eigenvalue weighted by Crippen LogP contribution is -2.42. The van der Waals surface area contributed by atoms with Gasteiger partial charge in [0.1, 0.15) is 0 Å². The Labute approximate surface area is 111 Å². The van der Waals surface area contributed by atoms with Crippen LogP contribution in [0, 0.1) is 5.92 Å². The van der Waals surface area contributed by atoms with Crippen molar-refractivity contribution in [3.05, 3.63) is 30.0 Å². The molecule has 19 heavy (non-hydrogen) atoms. The van der Waals surface area contributed by atoms with Crippen LogP contribution in [0.25, 0.3) is 10.9 Å². The van der Waals surface area contributed by atoms with Gasteiger partial charge in [-0.05, 0) is 24.8 Å². The average Bonchev–Trinajstić information content (AvgIpc) is 3.19. The first-order valence-corrected chi connectivity index (χ1v) is 6.69. The normalized spacial score (nSPS) is 16.5. The molecule has 1 aliphatic carbocycles. The van der Waals surface area contributed by atoms with Crippen LogP contribution in [-0.2, 0) is 11.2 Å². The maximum Gasteiger partial charge on any atom is 0.226 e. The summed E-state index contributed by atoms with van der Waals surface area (Å²) < 4.78 is 0. The molecule has 5 heteroatoms. The van der Waals surface area contributed by atoms with Gasteiger partial charge in [-0.1, -0.05) is 18.2 Å². The van der Waals surface area contributed by atoms with Crippen molar-refractivity contribution in [3.63, 3.8) is 0 Å². The Balaban J connectivity index is 1.68. The number of rotatable bonds is 5. The fraction of sp³-hybridized carbons (Fsp3) is 0.429. The van der Waals surface area contributed by atoms with Crippen molar-refractivity contribution in [1.82, 2.24) is 15.5 Å². The standard InChI is InChI=1S/C14H18N4O/c15-8-13(9-5-6-9)16-14(19)7-12-10-3-1-2-4-11(10)17-18-12/h1-4,9,13H,5-8,15H2,(H,16,19)(H,17,18). The number of hydrogen-bond donors (Lipinski definition) is 3. The molecule has 1 aromatic heterocycles. The van der Waals surface area contributed by atoms with Gasteiger partial charge in [-0.3, -0.25) is 9.89 Å². The molecular weight excluding hydrogens is 240 g/mol. The predicted octanol–water partition coefficient (Wildman–Crippen LogP) is 0.959. The van der Waals surface area contributed by atoms with Crippen molar-refractivity contribution in [1.29, 1.82) is 0 Å². The molecular formula is C14H18N4O. The van der Waals surface area contributed by atoms with E-state index in [4.69, 9.17) is 5.73 Å². The molecule has 0 radical (unpaired) electrons. The number of carbonyl (C=O) groups excluding carboxylic acids is 1. The molecule has 4 N–H and O–H groups in total. The predicted molar refractivity (Wildman–Crippen MR) is 73.5 cm³/mol. The minimum absolute atomic E-state index is 0.0109. The second-order valence-electron chi connectivity index (χ2n) is 5.14. The minimum Gasteiger partial charge on any atom is -0.351 e. The van der Waals surface area contributed by atoms with E-state index < -0.39 is 0 Å². The lowest BCUT2D eigenvalue weighted by atomic mass is 10.1. The molecule has 100 valence electrons. The molecule has 1 unspecified atom stereocenters. The van der Waals surface area contributed by atoms with E-state index in [9.17, 15) is 4.79 Å². The van der Waals surface area contributed by atoms with Crippen molar-refractivity contribution >= 4 is 16.8 Å². The van der Waals surface area contributed by atoms with Crippen LogP contribution < -0.4 is 11.1 Å². The van der Waals surface area contributed by atoms with Crippen molar-refractivity contribution in [2.45, 2.75) is 25.3 Å². The molecule has 0 saturated heterocycles. The number of nitrogens with two attached hydrogens (primary N) is 1. The lowest BCUT2D eigenvalue weighted by molar-refractivity contribution is -0.121. The van der Waals surface area contributed by atoms with Crippen LogP contribution in [-0.4, -0.2) is 28.7 Å². The number of aromatic amines is 1. The van der Waals surface area contributed by atoms with Crippen molar-refractivity contribution in [3.8, 4) is 0 Å². The number of amides is 1. The van der Waals surface area contributed by atoms with Crippen molar-refractivity contribution < 1.29 is 4.79 Å². The van der Waals surface area contributed by atoms with Crippen LogP contribution in [0.15, 0.2) is 24.3 Å². The molecule has 1 aliphatic rings. The average molecular weight is 258 g/mol. The van der Waals surface area contributed by atoms with Gasteiger partial charge in [-0.15, -0.1) is 0 Å². The minimum atomic E-state index is 0.0109. The van der Waals surface area contributed by atoms with Gasteiger partial charge >= 0.3 is 0 Å². The Bertz CT molecular complexity index is 588. The van der Waals surface area contributed by atoms with E-state index in [1.54, 1.807) is 0 Å². The van der Waals surface area contributed by atoms with Crippen LogP contribution in [0.4, 0.5) is 0 Å². The molecule has 0 aliphatic heterocycles. The van der Waals surface area contributed by atoms with Gasteiger partial charge in [0.25, 0.3) is 0 Å². The zero-order valence-electron chi connectivity index (χ0n) is 10.7. The number of hydrogen-bond acceptors (Lipinski definition) is 3. The number of nitrogens with one attached hydrogen (secondary N) is 2. The number of benzene rings is 1. The third-order valence-corrected chi connectivity index (χ3v) is 3.67. The summed E-state index contributed by atoms with van der Waals surface area (Å²) in [5.74, 6) is 0.587. The van der Waals surface area contributed by atoms with E-state index in [0.29, 0.717) is 18.9 Å². The molecule has 0 bridgehead atoms. The maximum atomic E-state index is 12.0. The molecule has 1 heterocycles. The molecule has 1 atom stereocenters. The van der Waals surface area contributed by atoms with E-state index >= 15 is 0 Å². The highest BCUT2D eigenvalue weighted by Crippen LogP contribution is 2.32. The van der Waals surface area contributed by atoms with Gasteiger partial charge in [-0.25, -0.2) is 0 Å². The zero-order chi connectivity index (χ0) is 13.2. The first kappa shape index (κ1) is 12.2. The van der Waals surface area contributed by atoms with Crippen molar-refractivity contribution in [2.24, 2.45) is 11.7 Å². The number of nitrogens with zero attached hydrogens (tertiary/aromatic N) is 1.